The summed E-state index contributed by atoms with van der Waals surface area (Å²) < 4.78 is 5.38. The van der Waals surface area contributed by atoms with Crippen molar-refractivity contribution in [3.63, 3.8) is 0 Å². The number of amides is 1. The normalized spacial score (nSPS) is 25.4. The molecule has 3 fully saturated rings. The van der Waals surface area contributed by atoms with Gasteiger partial charge in [0.1, 0.15) is 5.75 Å². The summed E-state index contributed by atoms with van der Waals surface area (Å²) in [7, 11) is 1.68. The maximum atomic E-state index is 12.6. The quantitative estimate of drug-likeness (QED) is 0.821. The zero-order chi connectivity index (χ0) is 20.0. The van der Waals surface area contributed by atoms with Gasteiger partial charge in [0, 0.05) is 37.5 Å². The number of hydrogen-bond acceptors (Lipinski definition) is 4. The monoisotopic (exact) mass is 392 g/mol. The highest BCUT2D eigenvalue weighted by Crippen LogP contribution is 2.55. The molecule has 1 saturated carbocycles. The topological polar surface area (TPSA) is 53.0 Å². The highest BCUT2D eigenvalue weighted by molar-refractivity contribution is 5.82. The van der Waals surface area contributed by atoms with Gasteiger partial charge in [-0.1, -0.05) is 42.5 Å². The minimum absolute atomic E-state index is 0.0572. The van der Waals surface area contributed by atoms with Crippen molar-refractivity contribution in [3.05, 3.63) is 65.7 Å². The number of likely N-dealkylation sites (tertiary alicyclic amines) is 2. The summed E-state index contributed by atoms with van der Waals surface area (Å²) in [5.41, 5.74) is 2.33. The van der Waals surface area contributed by atoms with E-state index in [0.29, 0.717) is 5.91 Å². The van der Waals surface area contributed by atoms with E-state index in [1.807, 2.05) is 23.1 Å². The lowest BCUT2D eigenvalue weighted by atomic mass is 9.60. The summed E-state index contributed by atoms with van der Waals surface area (Å²) in [6.07, 6.45) is 2.08. The number of rotatable bonds is 6. The van der Waals surface area contributed by atoms with Crippen LogP contribution in [-0.2, 0) is 11.3 Å². The predicted molar refractivity (Wildman–Crippen MR) is 111 cm³/mol. The van der Waals surface area contributed by atoms with Crippen molar-refractivity contribution in [2.24, 2.45) is 5.92 Å². The van der Waals surface area contributed by atoms with Crippen molar-refractivity contribution >= 4 is 5.91 Å². The van der Waals surface area contributed by atoms with Crippen molar-refractivity contribution in [2.45, 2.75) is 36.9 Å². The van der Waals surface area contributed by atoms with Crippen molar-refractivity contribution in [3.8, 4) is 5.75 Å². The maximum absolute atomic E-state index is 12.6. The van der Waals surface area contributed by atoms with E-state index in [-0.39, 0.29) is 30.0 Å². The van der Waals surface area contributed by atoms with Crippen LogP contribution in [0.15, 0.2) is 54.6 Å². The second kappa shape index (κ2) is 7.15. The molecule has 1 aliphatic carbocycles. The zero-order valence-corrected chi connectivity index (χ0v) is 16.8. The van der Waals surface area contributed by atoms with Crippen LogP contribution in [0.4, 0.5) is 0 Å². The number of ether oxygens (including phenoxy) is 1. The summed E-state index contributed by atoms with van der Waals surface area (Å²) in [5.74, 6) is 1.65. The van der Waals surface area contributed by atoms with Gasteiger partial charge >= 0.3 is 0 Å². The number of carbonyl (C=O) groups excluding carboxylic acids is 1. The molecule has 2 heterocycles. The molecule has 2 saturated heterocycles. The fourth-order valence-electron chi connectivity index (χ4n) is 5.34. The average Bonchev–Trinajstić information content (AvgIpc) is 3.56. The Bertz CT molecular complexity index is 890. The smallest absolute Gasteiger partial charge is 0.225 e. The molecule has 0 radical (unpaired) electrons. The minimum Gasteiger partial charge on any atom is -0.497 e. The number of methoxy groups -OCH3 is 1. The molecule has 0 aromatic heterocycles. The van der Waals surface area contributed by atoms with Crippen LogP contribution in [0, 0.1) is 5.92 Å². The van der Waals surface area contributed by atoms with Gasteiger partial charge in [-0.2, -0.15) is 0 Å². The van der Waals surface area contributed by atoms with E-state index in [4.69, 9.17) is 4.74 Å². The third-order valence-electron chi connectivity index (χ3n) is 6.94. The molecule has 5 heteroatoms. The van der Waals surface area contributed by atoms with E-state index in [1.165, 1.54) is 11.1 Å². The molecule has 0 unspecified atom stereocenters. The summed E-state index contributed by atoms with van der Waals surface area (Å²) >= 11 is 0. The van der Waals surface area contributed by atoms with Gasteiger partial charge in [-0.05, 0) is 36.1 Å². The lowest BCUT2D eigenvalue weighted by molar-refractivity contribution is -0.200. The molecule has 5 nitrogen and oxygen atoms in total. The molecular weight excluding hydrogens is 364 g/mol. The SMILES string of the molecule is COc1cccc(CN2[C@H](CO)[C@@H](c3ccccc3)C23CN(C(=O)C2CC2)C3)c1. The summed E-state index contributed by atoms with van der Waals surface area (Å²) in [4.78, 5) is 17.0. The molecular formula is C24H28N2O3. The number of benzene rings is 2. The van der Waals surface area contributed by atoms with Gasteiger partial charge in [0.05, 0.1) is 19.3 Å². The highest BCUT2D eigenvalue weighted by Gasteiger charge is 2.66. The van der Waals surface area contributed by atoms with Crippen LogP contribution in [0.5, 0.6) is 5.75 Å². The van der Waals surface area contributed by atoms with E-state index in [9.17, 15) is 9.90 Å². The minimum atomic E-state index is -0.0949. The van der Waals surface area contributed by atoms with Crippen LogP contribution in [0.1, 0.15) is 29.9 Å². The summed E-state index contributed by atoms with van der Waals surface area (Å²) in [6.45, 7) is 2.36. The maximum Gasteiger partial charge on any atom is 0.225 e. The summed E-state index contributed by atoms with van der Waals surface area (Å²) in [5, 5.41) is 10.2. The first-order valence-corrected chi connectivity index (χ1v) is 10.5. The van der Waals surface area contributed by atoms with Crippen LogP contribution in [0.3, 0.4) is 0 Å². The Labute approximate surface area is 171 Å². The van der Waals surface area contributed by atoms with E-state index in [0.717, 1.165) is 38.2 Å². The average molecular weight is 392 g/mol. The molecule has 1 amide bonds. The van der Waals surface area contributed by atoms with Crippen molar-refractivity contribution < 1.29 is 14.6 Å². The number of carbonyl (C=O) groups is 1. The van der Waals surface area contributed by atoms with Crippen molar-refractivity contribution in [1.29, 1.82) is 0 Å². The lowest BCUT2D eigenvalue weighted by Crippen LogP contribution is -2.84. The Kier molecular flexibility index (Phi) is 4.60. The molecule has 2 atom stereocenters. The van der Waals surface area contributed by atoms with Crippen LogP contribution >= 0.6 is 0 Å². The Morgan fingerprint density at radius 2 is 1.90 bits per heavy atom. The van der Waals surface area contributed by atoms with Gasteiger partial charge in [-0.25, -0.2) is 0 Å². The van der Waals surface area contributed by atoms with Crippen LogP contribution in [-0.4, -0.2) is 59.2 Å². The molecule has 2 aliphatic heterocycles. The molecule has 5 rings (SSSR count). The van der Waals surface area contributed by atoms with E-state index >= 15 is 0 Å². The molecule has 2 aromatic carbocycles. The molecule has 152 valence electrons. The Balaban J connectivity index is 1.43. The number of aliphatic hydroxyl groups excluding tert-OH is 1. The largest absolute Gasteiger partial charge is 0.497 e. The van der Waals surface area contributed by atoms with Crippen molar-refractivity contribution in [1.82, 2.24) is 9.80 Å². The highest BCUT2D eigenvalue weighted by atomic mass is 16.5. The molecule has 2 aromatic rings. The predicted octanol–water partition coefficient (Wildman–Crippen LogP) is 2.65. The van der Waals surface area contributed by atoms with Crippen LogP contribution < -0.4 is 4.74 Å². The van der Waals surface area contributed by atoms with E-state index in [2.05, 4.69) is 41.3 Å². The second-order valence-electron chi connectivity index (χ2n) is 8.69. The Morgan fingerprint density at radius 3 is 2.55 bits per heavy atom. The Morgan fingerprint density at radius 1 is 1.14 bits per heavy atom. The number of aliphatic hydroxyl groups is 1. The van der Waals surface area contributed by atoms with Gasteiger partial charge < -0.3 is 14.7 Å². The van der Waals surface area contributed by atoms with Crippen LogP contribution in [0.2, 0.25) is 0 Å². The molecule has 0 bridgehead atoms. The number of hydrogen-bond donors (Lipinski definition) is 1. The third kappa shape index (κ3) is 3.04. The Hall–Kier alpha value is -2.37. The first-order chi connectivity index (χ1) is 14.2. The fourth-order valence-corrected chi connectivity index (χ4v) is 5.34. The van der Waals surface area contributed by atoms with Crippen molar-refractivity contribution in [2.75, 3.05) is 26.8 Å². The van der Waals surface area contributed by atoms with Crippen LogP contribution in [0.25, 0.3) is 0 Å². The first kappa shape index (κ1) is 18.6. The lowest BCUT2D eigenvalue weighted by Gasteiger charge is -2.71. The standard InChI is InChI=1S/C24H28N2O3/c1-29-20-9-5-6-17(12-20)13-26-21(14-27)22(18-7-3-2-4-8-18)24(26)15-25(16-24)23(28)19-10-11-19/h2-9,12,19,21-22,27H,10-11,13-16H2,1H3/t21-,22-/m1/s1. The number of nitrogens with zero attached hydrogens (tertiary/aromatic N) is 2. The third-order valence-corrected chi connectivity index (χ3v) is 6.94. The molecule has 1 N–H and O–H groups in total. The molecule has 3 aliphatic rings. The summed E-state index contributed by atoms with van der Waals surface area (Å²) in [6, 6.07) is 18.6. The van der Waals surface area contributed by atoms with Gasteiger partial charge in [0.25, 0.3) is 0 Å². The van der Waals surface area contributed by atoms with Gasteiger partial charge in [-0.15, -0.1) is 0 Å². The van der Waals surface area contributed by atoms with Gasteiger partial charge in [-0.3, -0.25) is 9.69 Å². The zero-order valence-electron chi connectivity index (χ0n) is 16.8. The fraction of sp³-hybridized carbons (Fsp3) is 0.458. The first-order valence-electron chi connectivity index (χ1n) is 10.5. The van der Waals surface area contributed by atoms with Gasteiger partial charge in [0.15, 0.2) is 0 Å². The molecule has 1 spiro atoms. The van der Waals surface area contributed by atoms with E-state index in [1.54, 1.807) is 7.11 Å². The van der Waals surface area contributed by atoms with Gasteiger partial charge in [0.2, 0.25) is 5.91 Å². The second-order valence-corrected chi connectivity index (χ2v) is 8.69. The molecule has 29 heavy (non-hydrogen) atoms. The van der Waals surface area contributed by atoms with E-state index < -0.39 is 0 Å².